The van der Waals surface area contributed by atoms with E-state index in [0.29, 0.717) is 0 Å². The summed E-state index contributed by atoms with van der Waals surface area (Å²) in [5, 5.41) is 2.49. The molecule has 0 saturated carbocycles. The van der Waals surface area contributed by atoms with Crippen molar-refractivity contribution in [1.29, 1.82) is 0 Å². The molecular formula is C54H34O. The van der Waals surface area contributed by atoms with Gasteiger partial charge in [0.15, 0.2) is 0 Å². The summed E-state index contributed by atoms with van der Waals surface area (Å²) < 4.78 is 7.23. The molecule has 1 nitrogen and oxygen atoms in total. The van der Waals surface area contributed by atoms with Crippen LogP contribution < -0.4 is 4.74 Å². The summed E-state index contributed by atoms with van der Waals surface area (Å²) in [4.78, 5) is 0. The number of para-hydroxylation sites is 2. The smallest absolute Gasteiger partial charge is 0.140 e. The van der Waals surface area contributed by atoms with Crippen LogP contribution in [0.3, 0.4) is 0 Å². The van der Waals surface area contributed by atoms with Gasteiger partial charge in [-0.1, -0.05) is 188 Å². The monoisotopic (exact) mass is 698 g/mol. The van der Waals surface area contributed by atoms with Crippen molar-refractivity contribution in [1.82, 2.24) is 0 Å². The zero-order valence-corrected chi connectivity index (χ0v) is 30.0. The van der Waals surface area contributed by atoms with Gasteiger partial charge in [0.25, 0.3) is 0 Å². The summed E-state index contributed by atoms with van der Waals surface area (Å²) in [6.45, 7) is 0. The number of hydrogen-bond donors (Lipinski definition) is 0. The van der Waals surface area contributed by atoms with Crippen molar-refractivity contribution in [2.45, 2.75) is 10.8 Å². The Labute approximate surface area is 320 Å². The Hall–Kier alpha value is -6.96. The van der Waals surface area contributed by atoms with Crippen LogP contribution in [0.5, 0.6) is 11.5 Å². The van der Waals surface area contributed by atoms with Gasteiger partial charge in [-0.25, -0.2) is 0 Å². The van der Waals surface area contributed by atoms with E-state index < -0.39 is 10.8 Å². The van der Waals surface area contributed by atoms with Gasteiger partial charge in [-0.3, -0.25) is 0 Å². The second-order valence-corrected chi connectivity index (χ2v) is 15.1. The first-order valence-corrected chi connectivity index (χ1v) is 19.2. The van der Waals surface area contributed by atoms with E-state index >= 15 is 0 Å². The van der Waals surface area contributed by atoms with Gasteiger partial charge in [0, 0.05) is 16.7 Å². The Bertz CT molecular complexity index is 2980. The van der Waals surface area contributed by atoms with Crippen molar-refractivity contribution in [2.24, 2.45) is 0 Å². The number of fused-ring (bicyclic) bond motifs is 13. The van der Waals surface area contributed by atoms with Crippen molar-refractivity contribution in [3.05, 3.63) is 251 Å². The lowest BCUT2D eigenvalue weighted by molar-refractivity contribution is 0.438. The third kappa shape index (κ3) is 3.87. The minimum atomic E-state index is -0.590. The largest absolute Gasteiger partial charge is 0.456 e. The fourth-order valence-corrected chi connectivity index (χ4v) is 10.5. The van der Waals surface area contributed by atoms with Crippen LogP contribution in [0.4, 0.5) is 0 Å². The molecule has 0 saturated heterocycles. The van der Waals surface area contributed by atoms with Crippen LogP contribution in [0.15, 0.2) is 206 Å². The Kier molecular flexibility index (Phi) is 6.25. The molecule has 0 amide bonds. The third-order valence-corrected chi connectivity index (χ3v) is 12.6. The summed E-state index contributed by atoms with van der Waals surface area (Å²) in [6, 6.07) is 76.2. The predicted molar refractivity (Wildman–Crippen MR) is 224 cm³/mol. The Morgan fingerprint density at radius 1 is 0.273 bits per heavy atom. The second kappa shape index (κ2) is 11.3. The molecule has 9 aromatic carbocycles. The van der Waals surface area contributed by atoms with E-state index in [1.54, 1.807) is 0 Å². The van der Waals surface area contributed by atoms with Crippen LogP contribution in [0.25, 0.3) is 44.2 Å². The highest BCUT2D eigenvalue weighted by Crippen LogP contribution is 2.64. The number of rotatable bonds is 3. The van der Waals surface area contributed by atoms with E-state index in [-0.39, 0.29) is 0 Å². The van der Waals surface area contributed by atoms with Gasteiger partial charge in [-0.15, -0.1) is 0 Å². The van der Waals surface area contributed by atoms with Gasteiger partial charge >= 0.3 is 0 Å². The third-order valence-electron chi connectivity index (χ3n) is 12.6. The summed E-state index contributed by atoms with van der Waals surface area (Å²) in [6.07, 6.45) is 0. The van der Waals surface area contributed by atoms with Crippen molar-refractivity contribution >= 4 is 10.8 Å². The van der Waals surface area contributed by atoms with Crippen molar-refractivity contribution in [3.8, 4) is 44.9 Å². The molecule has 1 spiro atoms. The second-order valence-electron chi connectivity index (χ2n) is 15.1. The SMILES string of the molecule is c1ccc(C2(c3ccccc3-c3cccc4c3Oc3ccccc3C43c4ccccc4-c4ccccc43)c3ccccc3-c3cc4ccccc4cc32)cc1. The number of hydrogen-bond acceptors (Lipinski definition) is 1. The highest BCUT2D eigenvalue weighted by atomic mass is 16.5. The first kappa shape index (κ1) is 30.5. The Morgan fingerprint density at radius 3 is 1.35 bits per heavy atom. The zero-order valence-electron chi connectivity index (χ0n) is 30.0. The van der Waals surface area contributed by atoms with Gasteiger partial charge in [0.2, 0.25) is 0 Å². The van der Waals surface area contributed by atoms with E-state index in [0.717, 1.165) is 22.6 Å². The molecule has 1 unspecified atom stereocenters. The van der Waals surface area contributed by atoms with Gasteiger partial charge in [-0.05, 0) is 90.2 Å². The van der Waals surface area contributed by atoms with Gasteiger partial charge in [0.05, 0.1) is 10.8 Å². The molecule has 0 bridgehead atoms. The summed E-state index contributed by atoms with van der Waals surface area (Å²) in [5.41, 5.74) is 16.3. The first-order chi connectivity index (χ1) is 27.3. The van der Waals surface area contributed by atoms with E-state index in [1.165, 1.54) is 77.5 Å². The van der Waals surface area contributed by atoms with Crippen LogP contribution in [-0.4, -0.2) is 0 Å². The molecule has 0 fully saturated rings. The summed E-state index contributed by atoms with van der Waals surface area (Å²) in [5.74, 6) is 1.81. The fourth-order valence-electron chi connectivity index (χ4n) is 10.5. The molecule has 12 rings (SSSR count). The Morgan fingerprint density at radius 2 is 0.709 bits per heavy atom. The average molecular weight is 699 g/mol. The summed E-state index contributed by atoms with van der Waals surface area (Å²) in [7, 11) is 0. The molecule has 0 aromatic heterocycles. The normalized spacial score (nSPS) is 16.4. The van der Waals surface area contributed by atoms with E-state index in [9.17, 15) is 0 Å². The number of ether oxygens (including phenoxy) is 1. The standard InChI is InChI=1S/C54H34O/c1-2-19-37(20-3-1)53(45-27-11-9-24-41(45)43-33-35-17-4-5-18-36(35)34-50(43)53)44-26-10-8-23-40(44)42-25-16-31-49-52(42)55-51-32-15-14-30-48(51)54(49)46-28-12-6-21-38(46)39-22-7-13-29-47(39)54/h1-34H. The highest BCUT2D eigenvalue weighted by Gasteiger charge is 2.52. The van der Waals surface area contributed by atoms with E-state index in [1.807, 2.05) is 0 Å². The maximum absolute atomic E-state index is 7.23. The fraction of sp³-hybridized carbons (Fsp3) is 0.0370. The molecule has 9 aromatic rings. The maximum atomic E-state index is 7.23. The molecule has 1 heteroatoms. The van der Waals surface area contributed by atoms with Crippen LogP contribution in [0.2, 0.25) is 0 Å². The van der Waals surface area contributed by atoms with Crippen LogP contribution in [-0.2, 0) is 10.8 Å². The topological polar surface area (TPSA) is 9.23 Å². The average Bonchev–Trinajstić information content (AvgIpc) is 3.71. The van der Waals surface area contributed by atoms with Crippen molar-refractivity contribution in [3.63, 3.8) is 0 Å². The molecule has 55 heavy (non-hydrogen) atoms. The molecule has 0 radical (unpaired) electrons. The Balaban J connectivity index is 1.20. The van der Waals surface area contributed by atoms with Crippen LogP contribution in [0, 0.1) is 0 Å². The zero-order chi connectivity index (χ0) is 36.1. The highest BCUT2D eigenvalue weighted by molar-refractivity contribution is 5.98. The molecule has 1 heterocycles. The number of benzene rings is 9. The lowest BCUT2D eigenvalue weighted by Crippen LogP contribution is -2.32. The first-order valence-electron chi connectivity index (χ1n) is 19.2. The van der Waals surface area contributed by atoms with Crippen LogP contribution in [0.1, 0.15) is 44.5 Å². The molecule has 0 N–H and O–H groups in total. The van der Waals surface area contributed by atoms with E-state index in [4.69, 9.17) is 4.74 Å². The molecule has 256 valence electrons. The molecule has 1 aliphatic heterocycles. The minimum absolute atomic E-state index is 0.537. The van der Waals surface area contributed by atoms with Crippen molar-refractivity contribution in [2.75, 3.05) is 0 Å². The molecular weight excluding hydrogens is 665 g/mol. The van der Waals surface area contributed by atoms with E-state index in [2.05, 4.69) is 206 Å². The summed E-state index contributed by atoms with van der Waals surface area (Å²) >= 11 is 0. The molecule has 3 aliphatic rings. The predicted octanol–water partition coefficient (Wildman–Crippen LogP) is 13.3. The van der Waals surface area contributed by atoms with Gasteiger partial charge in [0.1, 0.15) is 11.5 Å². The van der Waals surface area contributed by atoms with Gasteiger partial charge < -0.3 is 4.74 Å². The van der Waals surface area contributed by atoms with Crippen molar-refractivity contribution < 1.29 is 4.74 Å². The lowest BCUT2D eigenvalue weighted by atomic mass is 9.64. The maximum Gasteiger partial charge on any atom is 0.140 e. The minimum Gasteiger partial charge on any atom is -0.456 e. The van der Waals surface area contributed by atoms with Gasteiger partial charge in [-0.2, -0.15) is 0 Å². The van der Waals surface area contributed by atoms with Crippen LogP contribution >= 0.6 is 0 Å². The molecule has 2 aliphatic carbocycles. The lowest BCUT2D eigenvalue weighted by Gasteiger charge is -2.40. The molecule has 1 atom stereocenters. The quantitative estimate of drug-likeness (QED) is 0.178.